The van der Waals surface area contributed by atoms with E-state index >= 15 is 0 Å². The predicted molar refractivity (Wildman–Crippen MR) is 144 cm³/mol. The Kier molecular flexibility index (Phi) is 6.30. The molecule has 6 N–H and O–H groups in total. The summed E-state index contributed by atoms with van der Waals surface area (Å²) in [7, 11) is 0. The molecule has 0 fully saturated rings. The fourth-order valence-electron chi connectivity index (χ4n) is 4.38. The molecular weight excluding hydrogens is 466 g/mol. The van der Waals surface area contributed by atoms with Gasteiger partial charge in [0.25, 0.3) is 11.8 Å². The predicted octanol–water partition coefficient (Wildman–Crippen LogP) is 3.95. The van der Waals surface area contributed by atoms with Crippen molar-refractivity contribution in [3.8, 4) is 5.75 Å². The number of nitrogens with one attached hydrogen (secondary N) is 3. The number of phenolic OH excluding ortho intramolecular Hbond substituents is 1. The molecule has 37 heavy (non-hydrogen) atoms. The van der Waals surface area contributed by atoms with Gasteiger partial charge in [0, 0.05) is 23.1 Å². The fraction of sp³-hybridized carbons (Fsp3) is 0.0690. The van der Waals surface area contributed by atoms with Gasteiger partial charge in [-0.1, -0.05) is 54.6 Å². The van der Waals surface area contributed by atoms with E-state index < -0.39 is 5.91 Å². The minimum atomic E-state index is -0.405. The molecular formula is C29H25N5O3. The van der Waals surface area contributed by atoms with Gasteiger partial charge < -0.3 is 26.0 Å². The first-order valence-corrected chi connectivity index (χ1v) is 11.7. The Morgan fingerprint density at radius 2 is 1.57 bits per heavy atom. The molecule has 0 aliphatic heterocycles. The van der Waals surface area contributed by atoms with Crippen LogP contribution in [-0.4, -0.2) is 34.0 Å². The van der Waals surface area contributed by atoms with Gasteiger partial charge in [0.05, 0.1) is 12.2 Å². The van der Waals surface area contributed by atoms with E-state index in [1.54, 1.807) is 47.0 Å². The first kappa shape index (κ1) is 23.6. The second-order valence-corrected chi connectivity index (χ2v) is 8.69. The summed E-state index contributed by atoms with van der Waals surface area (Å²) in [5, 5.41) is 26.1. The monoisotopic (exact) mass is 491 g/mol. The molecule has 0 atom stereocenters. The molecule has 1 aromatic heterocycles. The SMILES string of the molecule is N=C(N)c1cccc(Cn2c(C(=O)NCNC(=O)c3ccc4ccccc4c3)cc3c(O)cccc32)c1. The summed E-state index contributed by atoms with van der Waals surface area (Å²) in [6.07, 6.45) is 0. The van der Waals surface area contributed by atoms with Gasteiger partial charge in [-0.15, -0.1) is 0 Å². The number of aromatic hydroxyl groups is 1. The standard InChI is InChI=1S/C29H25N5O3/c30-27(31)21-8-3-5-18(13-21)16-34-24-9-4-10-26(35)23(24)15-25(34)29(37)33-17-32-28(36)22-12-11-19-6-1-2-7-20(19)14-22/h1-15,35H,16-17H2,(H3,30,31)(H,32,36)(H,33,37). The molecule has 0 unspecified atom stereocenters. The minimum absolute atomic E-state index is 0.0445. The average Bonchev–Trinajstić information content (AvgIpc) is 3.28. The van der Waals surface area contributed by atoms with Crippen LogP contribution in [0, 0.1) is 5.41 Å². The first-order valence-electron chi connectivity index (χ1n) is 11.7. The molecule has 5 aromatic rings. The van der Waals surface area contributed by atoms with Crippen LogP contribution in [0.4, 0.5) is 0 Å². The Bertz CT molecular complexity index is 1670. The van der Waals surface area contributed by atoms with E-state index in [1.807, 2.05) is 48.5 Å². The number of hydrogen-bond acceptors (Lipinski definition) is 4. The highest BCUT2D eigenvalue weighted by atomic mass is 16.3. The van der Waals surface area contributed by atoms with Crippen molar-refractivity contribution < 1.29 is 14.7 Å². The van der Waals surface area contributed by atoms with Crippen LogP contribution in [0.2, 0.25) is 0 Å². The molecule has 0 bridgehead atoms. The molecule has 0 aliphatic carbocycles. The number of nitrogens with zero attached hydrogens (tertiary/aromatic N) is 1. The number of fused-ring (bicyclic) bond motifs is 2. The molecule has 2 amide bonds. The number of aromatic nitrogens is 1. The van der Waals surface area contributed by atoms with Gasteiger partial charge >= 0.3 is 0 Å². The van der Waals surface area contributed by atoms with Gasteiger partial charge in [-0.05, 0) is 52.7 Å². The molecule has 0 aliphatic rings. The summed E-state index contributed by atoms with van der Waals surface area (Å²) in [6, 6.07) is 27.2. The van der Waals surface area contributed by atoms with Crippen LogP contribution in [0.5, 0.6) is 5.75 Å². The maximum absolute atomic E-state index is 13.2. The van der Waals surface area contributed by atoms with Crippen LogP contribution in [0.25, 0.3) is 21.7 Å². The maximum atomic E-state index is 13.2. The fourth-order valence-corrected chi connectivity index (χ4v) is 4.38. The lowest BCUT2D eigenvalue weighted by Crippen LogP contribution is -2.38. The molecule has 8 nitrogen and oxygen atoms in total. The quantitative estimate of drug-likeness (QED) is 0.134. The first-order chi connectivity index (χ1) is 17.9. The van der Waals surface area contributed by atoms with Crippen molar-refractivity contribution in [2.45, 2.75) is 6.54 Å². The number of amides is 2. The maximum Gasteiger partial charge on any atom is 0.269 e. The van der Waals surface area contributed by atoms with Crippen LogP contribution < -0.4 is 16.4 Å². The minimum Gasteiger partial charge on any atom is -0.507 e. The number of rotatable bonds is 7. The third-order valence-electron chi connectivity index (χ3n) is 6.24. The molecule has 184 valence electrons. The number of nitrogen functional groups attached to an aromatic ring is 1. The zero-order valence-electron chi connectivity index (χ0n) is 19.9. The summed E-state index contributed by atoms with van der Waals surface area (Å²) < 4.78 is 1.79. The largest absolute Gasteiger partial charge is 0.507 e. The van der Waals surface area contributed by atoms with E-state index in [0.29, 0.717) is 34.3 Å². The zero-order valence-corrected chi connectivity index (χ0v) is 19.9. The summed E-state index contributed by atoms with van der Waals surface area (Å²) >= 11 is 0. The highest BCUT2D eigenvalue weighted by Crippen LogP contribution is 2.29. The van der Waals surface area contributed by atoms with Crippen LogP contribution in [0.3, 0.4) is 0 Å². The Morgan fingerprint density at radius 3 is 2.38 bits per heavy atom. The van der Waals surface area contributed by atoms with E-state index in [1.165, 1.54) is 0 Å². The van der Waals surface area contributed by atoms with Crippen LogP contribution in [0.1, 0.15) is 32.0 Å². The number of phenols is 1. The normalized spacial score (nSPS) is 10.9. The van der Waals surface area contributed by atoms with Crippen LogP contribution >= 0.6 is 0 Å². The van der Waals surface area contributed by atoms with Crippen molar-refractivity contribution in [1.29, 1.82) is 5.41 Å². The zero-order chi connectivity index (χ0) is 25.9. The van der Waals surface area contributed by atoms with Crippen molar-refractivity contribution in [3.05, 3.63) is 113 Å². The van der Waals surface area contributed by atoms with Crippen molar-refractivity contribution in [2.24, 2.45) is 5.73 Å². The van der Waals surface area contributed by atoms with Gasteiger partial charge in [-0.25, -0.2) is 0 Å². The molecule has 5 rings (SSSR count). The van der Waals surface area contributed by atoms with Crippen molar-refractivity contribution >= 4 is 39.3 Å². The third-order valence-corrected chi connectivity index (χ3v) is 6.24. The molecule has 4 aromatic carbocycles. The van der Waals surface area contributed by atoms with Crippen LogP contribution in [0.15, 0.2) is 91.0 Å². The van der Waals surface area contributed by atoms with E-state index in [9.17, 15) is 14.7 Å². The lowest BCUT2D eigenvalue weighted by molar-refractivity contribution is 0.0915. The molecule has 8 heteroatoms. The number of amidine groups is 1. The summed E-state index contributed by atoms with van der Waals surface area (Å²) in [4.78, 5) is 25.8. The van der Waals surface area contributed by atoms with Gasteiger partial charge in [-0.2, -0.15) is 0 Å². The van der Waals surface area contributed by atoms with Crippen molar-refractivity contribution in [3.63, 3.8) is 0 Å². The number of nitrogens with two attached hydrogens (primary N) is 1. The summed E-state index contributed by atoms with van der Waals surface area (Å²) in [5.41, 5.74) is 8.56. The molecule has 0 saturated carbocycles. The highest BCUT2D eigenvalue weighted by molar-refractivity contribution is 6.01. The van der Waals surface area contributed by atoms with Gasteiger partial charge in [0.2, 0.25) is 0 Å². The van der Waals surface area contributed by atoms with E-state index in [0.717, 1.165) is 16.3 Å². The van der Waals surface area contributed by atoms with Crippen LogP contribution in [-0.2, 0) is 6.54 Å². The second-order valence-electron chi connectivity index (χ2n) is 8.69. The Labute approximate surface area is 212 Å². The van der Waals surface area contributed by atoms with Gasteiger partial charge in [0.15, 0.2) is 0 Å². The van der Waals surface area contributed by atoms with Crippen molar-refractivity contribution in [1.82, 2.24) is 15.2 Å². The Balaban J connectivity index is 1.35. The average molecular weight is 492 g/mol. The lowest BCUT2D eigenvalue weighted by Gasteiger charge is -2.13. The summed E-state index contributed by atoms with van der Waals surface area (Å²) in [6.45, 7) is 0.248. The third kappa shape index (κ3) is 4.85. The lowest BCUT2D eigenvalue weighted by atomic mass is 10.1. The highest BCUT2D eigenvalue weighted by Gasteiger charge is 2.18. The molecule has 0 spiro atoms. The molecule has 0 saturated heterocycles. The molecule has 1 heterocycles. The smallest absolute Gasteiger partial charge is 0.269 e. The Hall–Kier alpha value is -5.11. The van der Waals surface area contributed by atoms with Crippen molar-refractivity contribution in [2.75, 3.05) is 6.67 Å². The van der Waals surface area contributed by atoms with E-state index in [4.69, 9.17) is 11.1 Å². The van der Waals surface area contributed by atoms with Gasteiger partial charge in [-0.3, -0.25) is 15.0 Å². The topological polar surface area (TPSA) is 133 Å². The molecule has 0 radical (unpaired) electrons. The van der Waals surface area contributed by atoms with E-state index in [-0.39, 0.29) is 24.2 Å². The Morgan fingerprint density at radius 1 is 0.811 bits per heavy atom. The number of carbonyl (C=O) groups is 2. The number of benzene rings is 4. The second kappa shape index (κ2) is 9.87. The number of carbonyl (C=O) groups excluding carboxylic acids is 2. The van der Waals surface area contributed by atoms with E-state index in [2.05, 4.69) is 10.6 Å². The van der Waals surface area contributed by atoms with Gasteiger partial charge in [0.1, 0.15) is 17.3 Å². The number of hydrogen-bond donors (Lipinski definition) is 5. The summed E-state index contributed by atoms with van der Waals surface area (Å²) in [5.74, 6) is -0.688.